The van der Waals surface area contributed by atoms with Gasteiger partial charge < -0.3 is 5.11 Å². The number of rotatable bonds is 5. The van der Waals surface area contributed by atoms with Crippen molar-refractivity contribution in [1.29, 1.82) is 0 Å². The fourth-order valence-corrected chi connectivity index (χ4v) is 1.17. The highest BCUT2D eigenvalue weighted by Crippen LogP contribution is 2.17. The highest BCUT2D eigenvalue weighted by molar-refractivity contribution is 5.70. The summed E-state index contributed by atoms with van der Waals surface area (Å²) in [4.78, 5) is 10.7. The maximum Gasteiger partial charge on any atom is 0.306 e. The van der Waals surface area contributed by atoms with Gasteiger partial charge in [0.1, 0.15) is 0 Å². The fourth-order valence-electron chi connectivity index (χ4n) is 1.17. The van der Waals surface area contributed by atoms with Crippen molar-refractivity contribution >= 4 is 5.97 Å². The summed E-state index contributed by atoms with van der Waals surface area (Å²) in [6.07, 6.45) is 7.25. The molecule has 12 heavy (non-hydrogen) atoms. The second-order valence-corrected chi connectivity index (χ2v) is 3.29. The molecule has 1 atom stereocenters. The first kappa shape index (κ1) is 11.0. The Kier molecular flexibility index (Phi) is 5.19. The van der Waals surface area contributed by atoms with Crippen molar-refractivity contribution < 1.29 is 9.90 Å². The van der Waals surface area contributed by atoms with Gasteiger partial charge in [-0.05, 0) is 18.8 Å². The second kappa shape index (κ2) is 5.65. The van der Waals surface area contributed by atoms with Gasteiger partial charge in [-0.1, -0.05) is 13.8 Å². The Hall–Kier alpha value is -0.970. The smallest absolute Gasteiger partial charge is 0.306 e. The maximum atomic E-state index is 10.7. The molecular weight excluding hydrogens is 152 g/mol. The Labute approximate surface area is 74.0 Å². The van der Waals surface area contributed by atoms with Crippen LogP contribution in [-0.4, -0.2) is 11.1 Å². The van der Waals surface area contributed by atoms with Crippen molar-refractivity contribution in [1.82, 2.24) is 0 Å². The third-order valence-corrected chi connectivity index (χ3v) is 1.96. The van der Waals surface area contributed by atoms with E-state index >= 15 is 0 Å². The van der Waals surface area contributed by atoms with Crippen LogP contribution in [-0.2, 0) is 4.79 Å². The third kappa shape index (κ3) is 4.02. The van der Waals surface area contributed by atoms with Crippen molar-refractivity contribution in [3.8, 4) is 12.3 Å². The zero-order valence-electron chi connectivity index (χ0n) is 7.71. The number of carboxylic acids is 1. The first-order valence-electron chi connectivity index (χ1n) is 4.25. The molecule has 1 unspecified atom stereocenters. The lowest BCUT2D eigenvalue weighted by molar-refractivity contribution is -0.143. The Morgan fingerprint density at radius 1 is 1.58 bits per heavy atom. The zero-order chi connectivity index (χ0) is 9.56. The van der Waals surface area contributed by atoms with E-state index in [-0.39, 0.29) is 11.8 Å². The number of unbranched alkanes of at least 4 members (excludes halogenated alkanes) is 1. The molecule has 0 aromatic heterocycles. The molecule has 0 aromatic rings. The summed E-state index contributed by atoms with van der Waals surface area (Å²) in [6, 6.07) is 0. The zero-order valence-corrected chi connectivity index (χ0v) is 7.71. The monoisotopic (exact) mass is 168 g/mol. The quantitative estimate of drug-likeness (QED) is 0.504. The van der Waals surface area contributed by atoms with Gasteiger partial charge in [0.2, 0.25) is 0 Å². The molecule has 0 saturated heterocycles. The molecule has 0 heterocycles. The van der Waals surface area contributed by atoms with Crippen molar-refractivity contribution in [2.45, 2.75) is 33.1 Å². The summed E-state index contributed by atoms with van der Waals surface area (Å²) < 4.78 is 0. The Balaban J connectivity index is 3.82. The standard InChI is InChI=1S/C10H16O2/c1-4-5-6-7-9(8(2)3)10(11)12/h1,8-9H,5-7H2,2-3H3,(H,11,12). The van der Waals surface area contributed by atoms with E-state index in [1.165, 1.54) is 0 Å². The summed E-state index contributed by atoms with van der Waals surface area (Å²) in [5, 5.41) is 8.79. The SMILES string of the molecule is C#CCCCC(C(=O)O)C(C)C. The molecule has 0 amide bonds. The molecule has 1 N–H and O–H groups in total. The van der Waals surface area contributed by atoms with E-state index in [1.807, 2.05) is 13.8 Å². The number of terminal acetylenes is 1. The molecule has 2 nitrogen and oxygen atoms in total. The predicted octanol–water partition coefficient (Wildman–Crippen LogP) is 2.15. The minimum Gasteiger partial charge on any atom is -0.481 e. The first-order valence-corrected chi connectivity index (χ1v) is 4.25. The van der Waals surface area contributed by atoms with Crippen molar-refractivity contribution in [3.63, 3.8) is 0 Å². The lowest BCUT2D eigenvalue weighted by Gasteiger charge is -2.14. The molecule has 0 spiro atoms. The molecule has 0 radical (unpaired) electrons. The molecule has 0 rings (SSSR count). The topological polar surface area (TPSA) is 37.3 Å². The van der Waals surface area contributed by atoms with Crippen LogP contribution in [0.15, 0.2) is 0 Å². The Morgan fingerprint density at radius 3 is 2.50 bits per heavy atom. The van der Waals surface area contributed by atoms with E-state index in [1.54, 1.807) is 0 Å². The molecule has 0 aromatic carbocycles. The molecule has 0 aliphatic carbocycles. The van der Waals surface area contributed by atoms with Crippen LogP contribution in [0.2, 0.25) is 0 Å². The summed E-state index contributed by atoms with van der Waals surface area (Å²) in [5.74, 6) is 1.76. The van der Waals surface area contributed by atoms with Crippen LogP contribution >= 0.6 is 0 Å². The third-order valence-electron chi connectivity index (χ3n) is 1.96. The lowest BCUT2D eigenvalue weighted by Crippen LogP contribution is -2.19. The molecule has 0 aliphatic rings. The van der Waals surface area contributed by atoms with E-state index < -0.39 is 5.97 Å². The van der Waals surface area contributed by atoms with E-state index in [4.69, 9.17) is 11.5 Å². The van der Waals surface area contributed by atoms with Gasteiger partial charge in [0.15, 0.2) is 0 Å². The molecule has 0 saturated carbocycles. The normalized spacial score (nSPS) is 12.5. The lowest BCUT2D eigenvalue weighted by atomic mass is 9.91. The van der Waals surface area contributed by atoms with Gasteiger partial charge in [0.25, 0.3) is 0 Å². The minimum absolute atomic E-state index is 0.195. The molecule has 0 aliphatic heterocycles. The summed E-state index contributed by atoms with van der Waals surface area (Å²) in [6.45, 7) is 3.85. The van der Waals surface area contributed by atoms with Crippen LogP contribution in [0, 0.1) is 24.2 Å². The molecular formula is C10H16O2. The van der Waals surface area contributed by atoms with Crippen molar-refractivity contribution in [3.05, 3.63) is 0 Å². The molecule has 0 fully saturated rings. The highest BCUT2D eigenvalue weighted by atomic mass is 16.4. The van der Waals surface area contributed by atoms with Gasteiger partial charge in [-0.2, -0.15) is 0 Å². The largest absolute Gasteiger partial charge is 0.481 e. The highest BCUT2D eigenvalue weighted by Gasteiger charge is 2.20. The average molecular weight is 168 g/mol. The molecule has 2 heteroatoms. The van der Waals surface area contributed by atoms with Crippen LogP contribution < -0.4 is 0 Å². The van der Waals surface area contributed by atoms with E-state index in [2.05, 4.69) is 5.92 Å². The summed E-state index contributed by atoms with van der Waals surface area (Å²) >= 11 is 0. The number of carbonyl (C=O) groups is 1. The second-order valence-electron chi connectivity index (χ2n) is 3.29. The maximum absolute atomic E-state index is 10.7. The van der Waals surface area contributed by atoms with E-state index in [0.717, 1.165) is 6.42 Å². The Morgan fingerprint density at radius 2 is 2.17 bits per heavy atom. The van der Waals surface area contributed by atoms with Gasteiger partial charge >= 0.3 is 5.97 Å². The van der Waals surface area contributed by atoms with Gasteiger partial charge in [-0.15, -0.1) is 12.3 Å². The van der Waals surface area contributed by atoms with Gasteiger partial charge in [-0.3, -0.25) is 4.79 Å². The van der Waals surface area contributed by atoms with Crippen molar-refractivity contribution in [2.75, 3.05) is 0 Å². The van der Waals surface area contributed by atoms with Gasteiger partial charge in [0, 0.05) is 6.42 Å². The van der Waals surface area contributed by atoms with Gasteiger partial charge in [-0.25, -0.2) is 0 Å². The number of hydrogen-bond donors (Lipinski definition) is 1. The van der Waals surface area contributed by atoms with E-state index in [0.29, 0.717) is 12.8 Å². The molecule has 0 bridgehead atoms. The van der Waals surface area contributed by atoms with Crippen LogP contribution in [0.1, 0.15) is 33.1 Å². The Bertz CT molecular complexity index is 177. The van der Waals surface area contributed by atoms with Crippen LogP contribution in [0.5, 0.6) is 0 Å². The first-order chi connectivity index (χ1) is 5.59. The van der Waals surface area contributed by atoms with Gasteiger partial charge in [0.05, 0.1) is 5.92 Å². The molecule has 68 valence electrons. The van der Waals surface area contributed by atoms with Crippen LogP contribution in [0.25, 0.3) is 0 Å². The average Bonchev–Trinajstić information content (AvgIpc) is 1.96. The summed E-state index contributed by atoms with van der Waals surface area (Å²) in [5.41, 5.74) is 0. The number of aliphatic carboxylic acids is 1. The van der Waals surface area contributed by atoms with Crippen molar-refractivity contribution in [2.24, 2.45) is 11.8 Å². The van der Waals surface area contributed by atoms with Crippen LogP contribution in [0.3, 0.4) is 0 Å². The minimum atomic E-state index is -0.706. The van der Waals surface area contributed by atoms with Crippen LogP contribution in [0.4, 0.5) is 0 Å². The number of carboxylic acid groups (broad SMARTS) is 1. The summed E-state index contributed by atoms with van der Waals surface area (Å²) in [7, 11) is 0. The predicted molar refractivity (Wildman–Crippen MR) is 48.6 cm³/mol. The van der Waals surface area contributed by atoms with E-state index in [9.17, 15) is 4.79 Å². The fraction of sp³-hybridized carbons (Fsp3) is 0.700. The number of hydrogen-bond acceptors (Lipinski definition) is 1.